The normalized spacial score (nSPS) is 12.6. The first kappa shape index (κ1) is 51.2. The minimum atomic E-state index is -1.84. The topological polar surface area (TPSA) is 124 Å². The van der Waals surface area contributed by atoms with Gasteiger partial charge < -0.3 is 15.3 Å². The molecule has 0 aromatic carbocycles. The maximum atomic E-state index is 13.1. The van der Waals surface area contributed by atoms with E-state index in [1.165, 1.54) is 141 Å². The molecule has 3 N–H and O–H groups in total. The Balaban J connectivity index is 4.89. The SMILES string of the molecule is CCCCCCCCCCCCCCCCCCC(CCCCCCCCCCCCCCCCCC)(C(=O)O)[C@@H](C(=O)O)N(OC(C)(C)C)C(=O)O. The Morgan fingerprint density at radius 2 is 0.698 bits per heavy atom. The van der Waals surface area contributed by atoms with E-state index < -0.39 is 35.1 Å². The van der Waals surface area contributed by atoms with Gasteiger partial charge in [-0.2, -0.15) is 5.06 Å². The molecule has 0 aromatic rings. The largest absolute Gasteiger partial charge is 0.481 e. The van der Waals surface area contributed by atoms with Crippen molar-refractivity contribution in [1.29, 1.82) is 0 Å². The molecule has 1 atom stereocenters. The second kappa shape index (κ2) is 33.5. The molecule has 0 rings (SSSR count). The van der Waals surface area contributed by atoms with Crippen LogP contribution in [0, 0.1) is 5.41 Å². The Hall–Kier alpha value is -1.83. The molecule has 0 saturated heterocycles. The fraction of sp³-hybridized carbons (Fsp3) is 0.933. The fourth-order valence-electron chi connectivity index (χ4n) is 7.76. The number of unbranched alkanes of at least 4 members (excludes halogenated alkanes) is 30. The Bertz CT molecular complexity index is 851. The molecule has 0 aliphatic heterocycles. The van der Waals surface area contributed by atoms with Gasteiger partial charge in [0.2, 0.25) is 0 Å². The molecule has 314 valence electrons. The van der Waals surface area contributed by atoms with E-state index in [0.717, 1.165) is 51.4 Å². The number of nitrogens with zero attached hydrogens (tertiary/aromatic N) is 1. The van der Waals surface area contributed by atoms with Crippen molar-refractivity contribution in [3.63, 3.8) is 0 Å². The molecule has 0 unspecified atom stereocenters. The zero-order valence-electron chi connectivity index (χ0n) is 35.5. The van der Waals surface area contributed by atoms with Crippen molar-refractivity contribution in [2.24, 2.45) is 5.41 Å². The van der Waals surface area contributed by atoms with Crippen LogP contribution in [0.3, 0.4) is 0 Å². The van der Waals surface area contributed by atoms with Crippen LogP contribution in [-0.4, -0.2) is 50.1 Å². The van der Waals surface area contributed by atoms with Gasteiger partial charge in [-0.15, -0.1) is 0 Å². The molecule has 0 spiro atoms. The molecule has 0 saturated carbocycles. The summed E-state index contributed by atoms with van der Waals surface area (Å²) in [6.45, 7) is 9.41. The van der Waals surface area contributed by atoms with Crippen molar-refractivity contribution in [2.45, 2.75) is 265 Å². The Labute approximate surface area is 326 Å². The molecule has 0 bridgehead atoms. The molecule has 0 heterocycles. The Kier molecular flexibility index (Phi) is 32.3. The molecule has 0 radical (unpaired) electrons. The summed E-state index contributed by atoms with van der Waals surface area (Å²) >= 11 is 0. The van der Waals surface area contributed by atoms with E-state index >= 15 is 0 Å². The van der Waals surface area contributed by atoms with E-state index in [1.54, 1.807) is 20.8 Å². The number of aliphatic carboxylic acids is 2. The van der Waals surface area contributed by atoms with Crippen LogP contribution in [0.2, 0.25) is 0 Å². The van der Waals surface area contributed by atoms with Crippen LogP contribution < -0.4 is 0 Å². The van der Waals surface area contributed by atoms with Crippen molar-refractivity contribution in [3.8, 4) is 0 Å². The summed E-state index contributed by atoms with van der Waals surface area (Å²) < 4.78 is 0. The van der Waals surface area contributed by atoms with E-state index in [-0.39, 0.29) is 12.8 Å². The highest BCUT2D eigenvalue weighted by Gasteiger charge is 2.54. The van der Waals surface area contributed by atoms with Gasteiger partial charge in [-0.1, -0.05) is 219 Å². The number of hydrogen-bond acceptors (Lipinski definition) is 4. The van der Waals surface area contributed by atoms with Gasteiger partial charge in [0.1, 0.15) is 5.41 Å². The summed E-state index contributed by atoms with van der Waals surface area (Å²) in [5.41, 5.74) is -2.79. The highest BCUT2D eigenvalue weighted by Crippen LogP contribution is 2.40. The number of amides is 1. The number of hydrogen-bond donors (Lipinski definition) is 3. The molecule has 0 aliphatic carbocycles. The summed E-state index contributed by atoms with van der Waals surface area (Å²) in [5.74, 6) is -2.73. The van der Waals surface area contributed by atoms with Gasteiger partial charge in [0.15, 0.2) is 6.04 Å². The van der Waals surface area contributed by atoms with Crippen LogP contribution >= 0.6 is 0 Å². The lowest BCUT2D eigenvalue weighted by atomic mass is 9.71. The van der Waals surface area contributed by atoms with Gasteiger partial charge in [-0.3, -0.25) is 9.63 Å². The number of carboxylic acid groups (broad SMARTS) is 3. The van der Waals surface area contributed by atoms with Gasteiger partial charge >= 0.3 is 18.0 Å². The molecule has 0 aromatic heterocycles. The summed E-state index contributed by atoms with van der Waals surface area (Å²) in [6, 6.07) is -1.84. The van der Waals surface area contributed by atoms with Gasteiger partial charge in [-0.05, 0) is 33.6 Å². The first-order valence-electron chi connectivity index (χ1n) is 22.6. The molecule has 8 heteroatoms. The van der Waals surface area contributed by atoms with Gasteiger partial charge in [0.05, 0.1) is 5.60 Å². The van der Waals surface area contributed by atoms with Crippen molar-refractivity contribution in [1.82, 2.24) is 5.06 Å². The van der Waals surface area contributed by atoms with Crippen molar-refractivity contribution in [2.75, 3.05) is 0 Å². The third kappa shape index (κ3) is 27.4. The van der Waals surface area contributed by atoms with E-state index in [4.69, 9.17) is 4.84 Å². The zero-order chi connectivity index (χ0) is 39.6. The Morgan fingerprint density at radius 3 is 0.887 bits per heavy atom. The summed E-state index contributed by atoms with van der Waals surface area (Å²) in [6.07, 6.45) is 36.8. The average Bonchev–Trinajstić information content (AvgIpc) is 3.09. The predicted molar refractivity (Wildman–Crippen MR) is 221 cm³/mol. The van der Waals surface area contributed by atoms with E-state index in [9.17, 15) is 29.7 Å². The molecule has 8 nitrogen and oxygen atoms in total. The van der Waals surface area contributed by atoms with E-state index in [0.29, 0.717) is 17.9 Å². The minimum absolute atomic E-state index is 0.105. The lowest BCUT2D eigenvalue weighted by Crippen LogP contribution is -2.59. The van der Waals surface area contributed by atoms with Gasteiger partial charge in [0.25, 0.3) is 0 Å². The van der Waals surface area contributed by atoms with Crippen LogP contribution in [0.1, 0.15) is 253 Å². The number of hydroxylamine groups is 2. The summed E-state index contributed by atoms with van der Waals surface area (Å²) in [4.78, 5) is 43.9. The monoisotopic (exact) mass is 754 g/mol. The van der Waals surface area contributed by atoms with Gasteiger partial charge in [-0.25, -0.2) is 9.59 Å². The van der Waals surface area contributed by atoms with Crippen molar-refractivity contribution >= 4 is 18.0 Å². The van der Waals surface area contributed by atoms with E-state index in [2.05, 4.69) is 13.8 Å². The molecular weight excluding hydrogens is 666 g/mol. The molecule has 0 fully saturated rings. The molecule has 0 aliphatic rings. The first-order valence-corrected chi connectivity index (χ1v) is 22.6. The van der Waals surface area contributed by atoms with Crippen LogP contribution in [0.15, 0.2) is 0 Å². The maximum Gasteiger partial charge on any atom is 0.432 e. The highest BCUT2D eigenvalue weighted by atomic mass is 16.7. The maximum absolute atomic E-state index is 13.1. The van der Waals surface area contributed by atoms with E-state index in [1.807, 2.05) is 0 Å². The first-order chi connectivity index (χ1) is 25.4. The molecule has 1 amide bonds. The smallest absolute Gasteiger partial charge is 0.432 e. The molecule has 53 heavy (non-hydrogen) atoms. The Morgan fingerprint density at radius 1 is 0.453 bits per heavy atom. The highest BCUT2D eigenvalue weighted by molar-refractivity contribution is 5.88. The second-order valence-electron chi connectivity index (χ2n) is 17.1. The number of carbonyl (C=O) groups is 3. The fourth-order valence-corrected chi connectivity index (χ4v) is 7.76. The average molecular weight is 754 g/mol. The predicted octanol–water partition coefficient (Wildman–Crippen LogP) is 14.5. The second-order valence-corrected chi connectivity index (χ2v) is 17.1. The van der Waals surface area contributed by atoms with Crippen LogP contribution in [-0.2, 0) is 14.4 Å². The van der Waals surface area contributed by atoms with Crippen LogP contribution in [0.4, 0.5) is 4.79 Å². The van der Waals surface area contributed by atoms with Crippen molar-refractivity contribution < 1.29 is 34.5 Å². The third-order valence-electron chi connectivity index (χ3n) is 10.9. The quantitative estimate of drug-likeness (QED) is 0.0421. The zero-order valence-corrected chi connectivity index (χ0v) is 35.5. The minimum Gasteiger partial charge on any atom is -0.481 e. The lowest BCUT2D eigenvalue weighted by molar-refractivity contribution is -0.245. The van der Waals surface area contributed by atoms with Crippen LogP contribution in [0.5, 0.6) is 0 Å². The standard InChI is InChI=1S/C45H87NO7/c1-6-8-10-12-14-16-18-20-22-24-26-28-30-32-34-36-38-45(42(49)50,40(41(47)48)46(43(51)52)53-44(3,4)5)39-37-35-33-31-29-27-25-23-21-19-17-15-13-11-9-7-2/h40H,6-39H2,1-5H3,(H,47,48)(H,49,50)(H,51,52)/t40-/m1/s1. The van der Waals surface area contributed by atoms with Crippen LogP contribution in [0.25, 0.3) is 0 Å². The van der Waals surface area contributed by atoms with Crippen molar-refractivity contribution in [3.05, 3.63) is 0 Å². The summed E-state index contributed by atoms with van der Waals surface area (Å²) in [7, 11) is 0. The number of rotatable bonds is 39. The number of carboxylic acids is 2. The summed E-state index contributed by atoms with van der Waals surface area (Å²) in [5, 5.41) is 31.6. The molecular formula is C45H87NO7. The lowest BCUT2D eigenvalue weighted by Gasteiger charge is -2.41. The third-order valence-corrected chi connectivity index (χ3v) is 10.9. The van der Waals surface area contributed by atoms with Gasteiger partial charge in [0, 0.05) is 0 Å².